The molecule has 0 radical (unpaired) electrons. The molecule has 0 unspecified atom stereocenters. The molecule has 1 N–H and O–H groups in total. The maximum atomic E-state index is 14.0. The lowest BCUT2D eigenvalue weighted by atomic mass is 10.2. The Labute approximate surface area is 142 Å². The van der Waals surface area contributed by atoms with Gasteiger partial charge in [-0.2, -0.15) is 0 Å². The Hall–Kier alpha value is -1.68. The number of rotatable bonds is 7. The van der Waals surface area contributed by atoms with Crippen LogP contribution in [0.1, 0.15) is 24.8 Å². The summed E-state index contributed by atoms with van der Waals surface area (Å²) in [5, 5.41) is 11.0. The zero-order valence-electron chi connectivity index (χ0n) is 14.1. The lowest BCUT2D eigenvalue weighted by Crippen LogP contribution is -2.17. The van der Waals surface area contributed by atoms with Crippen LogP contribution in [0, 0.1) is 5.82 Å². The molecule has 0 heterocycles. The highest BCUT2D eigenvalue weighted by Gasteiger charge is 2.37. The second kappa shape index (κ2) is 7.93. The minimum absolute atomic E-state index is 0.0198. The van der Waals surface area contributed by atoms with Crippen molar-refractivity contribution in [3.63, 3.8) is 0 Å². The van der Waals surface area contributed by atoms with Crippen molar-refractivity contribution in [2.24, 2.45) is 0 Å². The van der Waals surface area contributed by atoms with Gasteiger partial charge in [-0.1, -0.05) is 25.1 Å². The summed E-state index contributed by atoms with van der Waals surface area (Å²) in [5.74, 6) is -2.15. The highest BCUT2D eigenvalue weighted by atomic mass is 31.2. The Morgan fingerprint density at radius 3 is 2.33 bits per heavy atom. The van der Waals surface area contributed by atoms with Crippen molar-refractivity contribution in [2.75, 3.05) is 25.6 Å². The van der Waals surface area contributed by atoms with Crippen LogP contribution in [0.3, 0.4) is 0 Å². The first kappa shape index (κ1) is 18.7. The number of hydrogen-bond donors (Lipinski definition) is 1. The fourth-order valence-electron chi connectivity index (χ4n) is 2.34. The predicted molar refractivity (Wildman–Crippen MR) is 95.6 cm³/mol. The molecule has 2 aromatic carbocycles. The Bertz CT molecular complexity index is 718. The van der Waals surface area contributed by atoms with E-state index in [0.29, 0.717) is 11.7 Å². The molecule has 0 bridgehead atoms. The quantitative estimate of drug-likeness (QED) is 0.769. The second-order valence-corrected chi connectivity index (χ2v) is 8.19. The first-order valence-electron chi connectivity index (χ1n) is 7.85. The molecule has 6 heteroatoms. The van der Waals surface area contributed by atoms with E-state index >= 15 is 0 Å². The van der Waals surface area contributed by atoms with E-state index in [9.17, 15) is 14.1 Å². The minimum atomic E-state index is -3.68. The molecule has 0 saturated carbocycles. The molecule has 0 saturated heterocycles. The average Bonchev–Trinajstić information content (AvgIpc) is 2.59. The van der Waals surface area contributed by atoms with Crippen molar-refractivity contribution < 1.29 is 18.6 Å². The summed E-state index contributed by atoms with van der Waals surface area (Å²) in [6, 6.07) is 12.7. The number of benzene rings is 2. The van der Waals surface area contributed by atoms with Crippen molar-refractivity contribution in [1.29, 1.82) is 0 Å². The largest absolute Gasteiger partial charge is 0.378 e. The van der Waals surface area contributed by atoms with E-state index in [4.69, 9.17) is 4.52 Å². The smallest absolute Gasteiger partial charge is 0.264 e. The zero-order valence-corrected chi connectivity index (χ0v) is 15.0. The summed E-state index contributed by atoms with van der Waals surface area (Å²) in [7, 11) is 0.117. The van der Waals surface area contributed by atoms with Gasteiger partial charge >= 0.3 is 0 Å². The van der Waals surface area contributed by atoms with Gasteiger partial charge in [0.1, 0.15) is 5.82 Å². The van der Waals surface area contributed by atoms with Crippen LogP contribution in [-0.4, -0.2) is 25.8 Å². The van der Waals surface area contributed by atoms with Crippen LogP contribution in [0.25, 0.3) is 0 Å². The molecule has 2 rings (SSSR count). The molecular formula is C18H23FNO3P. The lowest BCUT2D eigenvalue weighted by Gasteiger charge is -2.25. The summed E-state index contributed by atoms with van der Waals surface area (Å²) in [6.45, 7) is 2.10. The SMILES string of the molecule is CCCO[P@@](=O)(c1ccc(N(C)C)cc1)[C@@H](O)c1ccccc1F. The lowest BCUT2D eigenvalue weighted by molar-refractivity contribution is 0.210. The number of aliphatic hydroxyl groups is 1. The number of aliphatic hydroxyl groups excluding tert-OH is 1. The van der Waals surface area contributed by atoms with Gasteiger partial charge in [0.2, 0.25) is 0 Å². The van der Waals surface area contributed by atoms with E-state index in [0.717, 1.165) is 5.69 Å². The molecule has 0 amide bonds. The second-order valence-electron chi connectivity index (χ2n) is 5.74. The van der Waals surface area contributed by atoms with Gasteiger partial charge in [0.15, 0.2) is 5.85 Å². The summed E-state index contributed by atoms with van der Waals surface area (Å²) in [6.07, 6.45) is 0.643. The van der Waals surface area contributed by atoms with E-state index < -0.39 is 19.0 Å². The standard InChI is InChI=1S/C18H23FNO3P/c1-4-13-23-24(22,15-11-9-14(10-12-15)20(2)3)18(21)16-7-5-6-8-17(16)19/h5-12,18,21H,4,13H2,1-3H3/t18-,24+/m1/s1. The van der Waals surface area contributed by atoms with Crippen LogP contribution >= 0.6 is 7.37 Å². The highest BCUT2D eigenvalue weighted by molar-refractivity contribution is 7.67. The third-order valence-corrected chi connectivity index (χ3v) is 6.22. The predicted octanol–water partition coefficient (Wildman–Crippen LogP) is 3.91. The summed E-state index contributed by atoms with van der Waals surface area (Å²) < 4.78 is 33.1. The Kier molecular flexibility index (Phi) is 6.16. The van der Waals surface area contributed by atoms with Gasteiger partial charge in [-0.05, 0) is 36.8 Å². The molecule has 0 aliphatic rings. The summed E-state index contributed by atoms with van der Waals surface area (Å²) in [4.78, 5) is 1.91. The van der Waals surface area contributed by atoms with E-state index in [1.54, 1.807) is 30.3 Å². The monoisotopic (exact) mass is 351 g/mol. The third-order valence-electron chi connectivity index (χ3n) is 3.72. The summed E-state index contributed by atoms with van der Waals surface area (Å²) in [5.41, 5.74) is 0.912. The molecule has 2 aromatic rings. The molecule has 24 heavy (non-hydrogen) atoms. The molecule has 0 fully saturated rings. The number of anilines is 1. The Balaban J connectivity index is 2.45. The molecule has 0 aromatic heterocycles. The van der Waals surface area contributed by atoms with Crippen molar-refractivity contribution in [3.8, 4) is 0 Å². The van der Waals surface area contributed by atoms with Gasteiger partial charge in [0.05, 0.1) is 6.61 Å². The zero-order chi connectivity index (χ0) is 17.7. The van der Waals surface area contributed by atoms with Crippen LogP contribution in [0.4, 0.5) is 10.1 Å². The van der Waals surface area contributed by atoms with Crippen molar-refractivity contribution >= 4 is 18.4 Å². The molecule has 0 aliphatic carbocycles. The normalized spacial score (nSPS) is 14.9. The first-order valence-corrected chi connectivity index (χ1v) is 9.54. The highest BCUT2D eigenvalue weighted by Crippen LogP contribution is 2.58. The van der Waals surface area contributed by atoms with Gasteiger partial charge < -0.3 is 14.5 Å². The fourth-order valence-corrected chi connectivity index (χ4v) is 4.51. The number of halogens is 1. The number of hydrogen-bond acceptors (Lipinski definition) is 4. The molecule has 130 valence electrons. The molecule has 2 atom stereocenters. The fraction of sp³-hybridized carbons (Fsp3) is 0.333. The Morgan fingerprint density at radius 1 is 1.17 bits per heavy atom. The minimum Gasteiger partial charge on any atom is -0.378 e. The van der Waals surface area contributed by atoms with Crippen molar-refractivity contribution in [2.45, 2.75) is 19.2 Å². The maximum absolute atomic E-state index is 14.0. The molecule has 4 nitrogen and oxygen atoms in total. The van der Waals surface area contributed by atoms with Crippen LogP contribution in [0.5, 0.6) is 0 Å². The van der Waals surface area contributed by atoms with Gasteiger partial charge in [0, 0.05) is 30.7 Å². The van der Waals surface area contributed by atoms with Gasteiger partial charge in [-0.25, -0.2) is 4.39 Å². The molecule has 0 spiro atoms. The van der Waals surface area contributed by atoms with E-state index in [1.165, 1.54) is 18.2 Å². The summed E-state index contributed by atoms with van der Waals surface area (Å²) >= 11 is 0. The topological polar surface area (TPSA) is 49.8 Å². The van der Waals surface area contributed by atoms with Crippen molar-refractivity contribution in [1.82, 2.24) is 0 Å². The van der Waals surface area contributed by atoms with Crippen molar-refractivity contribution in [3.05, 3.63) is 59.9 Å². The maximum Gasteiger partial charge on any atom is 0.264 e. The van der Waals surface area contributed by atoms with E-state index in [2.05, 4.69) is 0 Å². The van der Waals surface area contributed by atoms with Gasteiger partial charge in [0.25, 0.3) is 7.37 Å². The number of nitrogens with zero attached hydrogens (tertiary/aromatic N) is 1. The average molecular weight is 351 g/mol. The third kappa shape index (κ3) is 3.86. The van der Waals surface area contributed by atoms with Crippen LogP contribution in [0.2, 0.25) is 0 Å². The Morgan fingerprint density at radius 2 is 1.79 bits per heavy atom. The van der Waals surface area contributed by atoms with Crippen LogP contribution in [0.15, 0.2) is 48.5 Å². The molecular weight excluding hydrogens is 328 g/mol. The van der Waals surface area contributed by atoms with Crippen LogP contribution in [-0.2, 0) is 9.09 Å². The van der Waals surface area contributed by atoms with Gasteiger partial charge in [-0.15, -0.1) is 0 Å². The first-order chi connectivity index (χ1) is 11.4. The molecule has 0 aliphatic heterocycles. The van der Waals surface area contributed by atoms with E-state index in [1.807, 2.05) is 25.9 Å². The van der Waals surface area contributed by atoms with E-state index in [-0.39, 0.29) is 12.2 Å². The van der Waals surface area contributed by atoms with Crippen LogP contribution < -0.4 is 10.2 Å². The van der Waals surface area contributed by atoms with Gasteiger partial charge in [-0.3, -0.25) is 4.57 Å².